The molecule has 152 valence electrons. The Labute approximate surface area is 172 Å². The molecule has 0 saturated heterocycles. The highest BCUT2D eigenvalue weighted by Gasteiger charge is 2.20. The number of carbonyl (C=O) groups excluding carboxylic acids is 3. The van der Waals surface area contributed by atoms with Crippen LogP contribution in [-0.2, 0) is 9.53 Å². The van der Waals surface area contributed by atoms with Gasteiger partial charge in [-0.3, -0.25) is 19.0 Å². The Morgan fingerprint density at radius 3 is 2.45 bits per heavy atom. The maximum absolute atomic E-state index is 12.5. The molecule has 8 heteroatoms. The van der Waals surface area contributed by atoms with E-state index in [2.05, 4.69) is 5.16 Å². The number of ketones is 2. The van der Waals surface area contributed by atoms with Gasteiger partial charge in [-0.1, -0.05) is 5.16 Å². The zero-order valence-corrected chi connectivity index (χ0v) is 17.6. The minimum atomic E-state index is -0.569. The standard InChI is InChI=1S/C21H22N2O5S/c1-12-9-16(15(4)23(12)20-10-13(2)28-22-20)18(25)11-27-21(26)8-6-17(24)19-7-5-14(3)29-19/h5,7,9-10H,6,8,11H2,1-4H3. The van der Waals surface area contributed by atoms with Gasteiger partial charge in [0.15, 0.2) is 18.2 Å². The van der Waals surface area contributed by atoms with Crippen LogP contribution >= 0.6 is 11.3 Å². The molecular formula is C21H22N2O5S. The van der Waals surface area contributed by atoms with Crippen molar-refractivity contribution in [2.45, 2.75) is 40.5 Å². The first-order valence-corrected chi connectivity index (χ1v) is 9.99. The lowest BCUT2D eigenvalue weighted by Crippen LogP contribution is -2.15. The molecule has 0 spiro atoms. The summed E-state index contributed by atoms with van der Waals surface area (Å²) in [5.41, 5.74) is 1.98. The fourth-order valence-corrected chi connectivity index (χ4v) is 3.91. The molecule has 0 radical (unpaired) electrons. The van der Waals surface area contributed by atoms with E-state index >= 15 is 0 Å². The summed E-state index contributed by atoms with van der Waals surface area (Å²) < 4.78 is 12.0. The van der Waals surface area contributed by atoms with Gasteiger partial charge < -0.3 is 9.26 Å². The molecule has 0 aromatic carbocycles. The minimum Gasteiger partial charge on any atom is -0.457 e. The number of aromatic nitrogens is 2. The third-order valence-corrected chi connectivity index (χ3v) is 5.55. The van der Waals surface area contributed by atoms with Crippen LogP contribution < -0.4 is 0 Å². The molecule has 0 unspecified atom stereocenters. The largest absolute Gasteiger partial charge is 0.457 e. The van der Waals surface area contributed by atoms with Crippen LogP contribution in [0.4, 0.5) is 0 Å². The summed E-state index contributed by atoms with van der Waals surface area (Å²) in [4.78, 5) is 38.2. The second-order valence-electron chi connectivity index (χ2n) is 6.83. The summed E-state index contributed by atoms with van der Waals surface area (Å²) in [5.74, 6) is 0.286. The molecule has 3 heterocycles. The molecule has 0 aliphatic heterocycles. The van der Waals surface area contributed by atoms with Crippen molar-refractivity contribution in [3.8, 4) is 5.82 Å². The fourth-order valence-electron chi connectivity index (χ4n) is 3.08. The first-order valence-electron chi connectivity index (χ1n) is 9.17. The van der Waals surface area contributed by atoms with Crippen molar-refractivity contribution in [2.75, 3.05) is 6.61 Å². The maximum Gasteiger partial charge on any atom is 0.306 e. The van der Waals surface area contributed by atoms with Crippen molar-refractivity contribution >= 4 is 28.9 Å². The highest BCUT2D eigenvalue weighted by Crippen LogP contribution is 2.21. The number of thiophene rings is 1. The third kappa shape index (κ3) is 4.71. The second-order valence-corrected chi connectivity index (χ2v) is 8.12. The number of rotatable bonds is 8. The van der Waals surface area contributed by atoms with Crippen LogP contribution in [0.15, 0.2) is 28.8 Å². The van der Waals surface area contributed by atoms with Crippen LogP contribution in [-0.4, -0.2) is 33.9 Å². The van der Waals surface area contributed by atoms with E-state index in [9.17, 15) is 14.4 Å². The molecule has 0 atom stereocenters. The normalized spacial score (nSPS) is 10.9. The van der Waals surface area contributed by atoms with Gasteiger partial charge in [-0.25, -0.2) is 0 Å². The molecule has 0 amide bonds. The van der Waals surface area contributed by atoms with Crippen LogP contribution in [0.1, 0.15) is 54.9 Å². The van der Waals surface area contributed by atoms with E-state index in [1.54, 1.807) is 32.0 Å². The number of hydrogen-bond acceptors (Lipinski definition) is 7. The van der Waals surface area contributed by atoms with Crippen molar-refractivity contribution in [3.05, 3.63) is 56.7 Å². The maximum atomic E-state index is 12.5. The molecule has 0 aliphatic rings. The Hall–Kier alpha value is -3.00. The van der Waals surface area contributed by atoms with E-state index < -0.39 is 5.97 Å². The number of nitrogens with zero attached hydrogens (tertiary/aromatic N) is 2. The summed E-state index contributed by atoms with van der Waals surface area (Å²) >= 11 is 1.40. The predicted octanol–water partition coefficient (Wildman–Crippen LogP) is 4.15. The SMILES string of the molecule is Cc1cc(-n2c(C)cc(C(=O)COC(=O)CCC(=O)c3ccc(C)s3)c2C)no1. The molecule has 0 saturated carbocycles. The molecular weight excluding hydrogens is 392 g/mol. The van der Waals surface area contributed by atoms with E-state index in [0.717, 1.165) is 10.6 Å². The van der Waals surface area contributed by atoms with Crippen molar-refractivity contribution in [3.63, 3.8) is 0 Å². The van der Waals surface area contributed by atoms with E-state index in [-0.39, 0.29) is 31.0 Å². The van der Waals surface area contributed by atoms with Gasteiger partial charge in [-0.15, -0.1) is 11.3 Å². The average Bonchev–Trinajstić information content (AvgIpc) is 3.37. The Kier molecular flexibility index (Phi) is 6.12. The Bertz CT molecular complexity index is 1070. The summed E-state index contributed by atoms with van der Waals surface area (Å²) in [6, 6.07) is 7.13. The van der Waals surface area contributed by atoms with Gasteiger partial charge in [0.25, 0.3) is 0 Å². The van der Waals surface area contributed by atoms with Gasteiger partial charge in [0, 0.05) is 34.3 Å². The highest BCUT2D eigenvalue weighted by molar-refractivity contribution is 7.14. The smallest absolute Gasteiger partial charge is 0.306 e. The molecule has 7 nitrogen and oxygen atoms in total. The van der Waals surface area contributed by atoms with Crippen LogP contribution in [0.25, 0.3) is 5.82 Å². The number of ether oxygens (including phenoxy) is 1. The Morgan fingerprint density at radius 2 is 1.83 bits per heavy atom. The van der Waals surface area contributed by atoms with Crippen LogP contribution in [0, 0.1) is 27.7 Å². The summed E-state index contributed by atoms with van der Waals surface area (Å²) in [7, 11) is 0. The van der Waals surface area contributed by atoms with Crippen molar-refractivity contribution in [2.24, 2.45) is 0 Å². The predicted molar refractivity (Wildman–Crippen MR) is 108 cm³/mol. The van der Waals surface area contributed by atoms with Crippen LogP contribution in [0.5, 0.6) is 0 Å². The quantitative estimate of drug-likeness (QED) is 0.406. The van der Waals surface area contributed by atoms with Crippen LogP contribution in [0.3, 0.4) is 0 Å². The minimum absolute atomic E-state index is 0.0553. The van der Waals surface area contributed by atoms with Gasteiger partial charge in [0.1, 0.15) is 5.76 Å². The molecule has 29 heavy (non-hydrogen) atoms. The average molecular weight is 414 g/mol. The van der Waals surface area contributed by atoms with Crippen LogP contribution in [0.2, 0.25) is 0 Å². The second kappa shape index (κ2) is 8.57. The van der Waals surface area contributed by atoms with E-state index in [1.165, 1.54) is 11.3 Å². The summed E-state index contributed by atoms with van der Waals surface area (Å²) in [6.45, 7) is 7.00. The van der Waals surface area contributed by atoms with Gasteiger partial charge in [-0.05, 0) is 45.9 Å². The van der Waals surface area contributed by atoms with Crippen molar-refractivity contribution < 1.29 is 23.6 Å². The number of carbonyl (C=O) groups is 3. The molecule has 3 aromatic heterocycles. The molecule has 0 N–H and O–H groups in total. The lowest BCUT2D eigenvalue weighted by atomic mass is 10.1. The number of esters is 1. The van der Waals surface area contributed by atoms with Crippen molar-refractivity contribution in [1.29, 1.82) is 0 Å². The van der Waals surface area contributed by atoms with E-state index in [1.807, 2.05) is 24.5 Å². The third-order valence-electron chi connectivity index (χ3n) is 4.51. The molecule has 3 aromatic rings. The zero-order chi connectivity index (χ0) is 21.1. The van der Waals surface area contributed by atoms with Gasteiger partial charge in [0.05, 0.1) is 11.3 Å². The zero-order valence-electron chi connectivity index (χ0n) is 16.8. The van der Waals surface area contributed by atoms with Gasteiger partial charge in [0.2, 0.25) is 5.78 Å². The number of Topliss-reactive ketones (excluding diaryl/α,β-unsaturated/α-hetero) is 2. The Balaban J connectivity index is 1.57. The monoisotopic (exact) mass is 414 g/mol. The summed E-state index contributed by atoms with van der Waals surface area (Å²) in [6.07, 6.45) is 0.00724. The van der Waals surface area contributed by atoms with Gasteiger partial charge >= 0.3 is 5.97 Å². The lowest BCUT2D eigenvalue weighted by Gasteiger charge is -2.06. The van der Waals surface area contributed by atoms with E-state index in [4.69, 9.17) is 9.26 Å². The number of hydrogen-bond donors (Lipinski definition) is 0. The first-order chi connectivity index (χ1) is 13.8. The lowest BCUT2D eigenvalue weighted by molar-refractivity contribution is -0.142. The molecule has 3 rings (SSSR count). The first kappa shape index (κ1) is 20.7. The number of aryl methyl sites for hydroxylation is 3. The van der Waals surface area contributed by atoms with E-state index in [0.29, 0.717) is 27.7 Å². The van der Waals surface area contributed by atoms with Gasteiger partial charge in [-0.2, -0.15) is 0 Å². The molecule has 0 bridgehead atoms. The van der Waals surface area contributed by atoms with Crippen molar-refractivity contribution in [1.82, 2.24) is 9.72 Å². The highest BCUT2D eigenvalue weighted by atomic mass is 32.1. The molecule has 0 aliphatic carbocycles. The topological polar surface area (TPSA) is 91.4 Å². The fraction of sp³-hybridized carbons (Fsp3) is 0.333. The summed E-state index contributed by atoms with van der Waals surface area (Å²) in [5, 5.41) is 3.98. The molecule has 0 fully saturated rings. The Morgan fingerprint density at radius 1 is 1.07 bits per heavy atom.